The van der Waals surface area contributed by atoms with Crippen molar-refractivity contribution in [1.29, 1.82) is 0 Å². The molecular weight excluding hydrogens is 269 g/mol. The van der Waals surface area contributed by atoms with Crippen molar-refractivity contribution >= 4 is 28.8 Å². The third-order valence-corrected chi connectivity index (χ3v) is 4.16. The van der Waals surface area contributed by atoms with Crippen molar-refractivity contribution < 1.29 is 9.90 Å². The maximum Gasteiger partial charge on any atom is 0.307 e. The zero-order valence-electron chi connectivity index (χ0n) is 6.79. The number of carboxylic acid groups (broad SMARTS) is 1. The van der Waals surface area contributed by atoms with Gasteiger partial charge in [-0.2, -0.15) is 0 Å². The van der Waals surface area contributed by atoms with Gasteiger partial charge in [-0.1, -0.05) is 0 Å². The minimum absolute atomic E-state index is 0.0254. The molecule has 0 aromatic rings. The lowest BCUT2D eigenvalue weighted by molar-refractivity contribution is -0.139. The molecule has 0 aromatic carbocycles. The summed E-state index contributed by atoms with van der Waals surface area (Å²) in [5, 5.41) is 8.82. The van der Waals surface area contributed by atoms with Crippen LogP contribution in [0.4, 0.5) is 0 Å². The van der Waals surface area contributed by atoms with E-state index in [4.69, 9.17) is 5.11 Å². The van der Waals surface area contributed by atoms with Gasteiger partial charge in [-0.25, -0.2) is 3.11 Å². The first-order valence-corrected chi connectivity index (χ1v) is 5.24. The molecule has 1 aliphatic heterocycles. The molecule has 1 spiro atoms. The number of piperidine rings is 1. The Morgan fingerprint density at radius 1 is 1.50 bits per heavy atom. The SMILES string of the molecule is O=C(O)C1CC12CCN(I)CC2. The van der Waals surface area contributed by atoms with E-state index < -0.39 is 5.97 Å². The Morgan fingerprint density at radius 3 is 2.50 bits per heavy atom. The molecule has 2 fully saturated rings. The predicted octanol–water partition coefficient (Wildman–Crippen LogP) is 1.52. The van der Waals surface area contributed by atoms with E-state index in [2.05, 4.69) is 26.0 Å². The lowest BCUT2D eigenvalue weighted by atomic mass is 9.92. The predicted molar refractivity (Wildman–Crippen MR) is 53.0 cm³/mol. The average molecular weight is 281 g/mol. The second kappa shape index (κ2) is 2.83. The van der Waals surface area contributed by atoms with Crippen molar-refractivity contribution in [3.63, 3.8) is 0 Å². The van der Waals surface area contributed by atoms with Crippen molar-refractivity contribution in [2.45, 2.75) is 19.3 Å². The number of aliphatic carboxylic acids is 1. The fraction of sp³-hybridized carbons (Fsp3) is 0.875. The van der Waals surface area contributed by atoms with Gasteiger partial charge in [-0.05, 0) is 24.7 Å². The van der Waals surface area contributed by atoms with E-state index in [0.29, 0.717) is 0 Å². The van der Waals surface area contributed by atoms with Crippen LogP contribution in [0.3, 0.4) is 0 Å². The summed E-state index contributed by atoms with van der Waals surface area (Å²) in [4.78, 5) is 10.7. The molecule has 1 saturated carbocycles. The molecule has 1 heterocycles. The average Bonchev–Trinajstić information content (AvgIpc) is 2.72. The summed E-state index contributed by atoms with van der Waals surface area (Å²) in [6, 6.07) is 0. The van der Waals surface area contributed by atoms with Gasteiger partial charge in [0, 0.05) is 36.0 Å². The van der Waals surface area contributed by atoms with Crippen molar-refractivity contribution in [2.24, 2.45) is 11.3 Å². The number of rotatable bonds is 1. The lowest BCUT2D eigenvalue weighted by Gasteiger charge is -2.27. The Balaban J connectivity index is 1.95. The molecule has 0 aromatic heterocycles. The molecule has 1 N–H and O–H groups in total. The van der Waals surface area contributed by atoms with Crippen LogP contribution in [-0.2, 0) is 4.79 Å². The van der Waals surface area contributed by atoms with Crippen LogP contribution in [0.1, 0.15) is 19.3 Å². The number of carbonyl (C=O) groups is 1. The van der Waals surface area contributed by atoms with Gasteiger partial charge in [0.2, 0.25) is 0 Å². The van der Waals surface area contributed by atoms with Gasteiger partial charge in [0.05, 0.1) is 5.92 Å². The minimum atomic E-state index is -0.586. The highest BCUT2D eigenvalue weighted by Gasteiger charge is 2.58. The highest BCUT2D eigenvalue weighted by Crippen LogP contribution is 2.59. The number of halogens is 1. The first-order valence-electron chi connectivity index (χ1n) is 4.28. The second-order valence-corrected chi connectivity index (χ2v) is 5.23. The molecule has 0 amide bonds. The minimum Gasteiger partial charge on any atom is -0.481 e. The van der Waals surface area contributed by atoms with Crippen LogP contribution in [0.5, 0.6) is 0 Å². The highest BCUT2D eigenvalue weighted by atomic mass is 127. The van der Waals surface area contributed by atoms with Gasteiger partial charge in [0.1, 0.15) is 0 Å². The number of carboxylic acids is 1. The molecule has 2 rings (SSSR count). The maximum atomic E-state index is 10.7. The number of nitrogens with zero attached hydrogens (tertiary/aromatic N) is 1. The van der Waals surface area contributed by atoms with E-state index >= 15 is 0 Å². The van der Waals surface area contributed by atoms with Gasteiger partial charge in [0.25, 0.3) is 0 Å². The monoisotopic (exact) mass is 281 g/mol. The molecule has 1 unspecified atom stereocenters. The largest absolute Gasteiger partial charge is 0.481 e. The molecule has 0 bridgehead atoms. The van der Waals surface area contributed by atoms with E-state index in [9.17, 15) is 4.79 Å². The van der Waals surface area contributed by atoms with Gasteiger partial charge < -0.3 is 5.11 Å². The molecular formula is C8H12INO2. The van der Waals surface area contributed by atoms with Crippen LogP contribution in [0.2, 0.25) is 0 Å². The smallest absolute Gasteiger partial charge is 0.307 e. The Morgan fingerprint density at radius 2 is 2.08 bits per heavy atom. The highest BCUT2D eigenvalue weighted by molar-refractivity contribution is 14.1. The molecule has 2 aliphatic rings. The van der Waals surface area contributed by atoms with Gasteiger partial charge in [-0.3, -0.25) is 4.79 Å². The summed E-state index contributed by atoms with van der Waals surface area (Å²) in [6.07, 6.45) is 3.08. The van der Waals surface area contributed by atoms with E-state index in [1.165, 1.54) is 0 Å². The fourth-order valence-electron chi connectivity index (χ4n) is 2.17. The quantitative estimate of drug-likeness (QED) is 0.585. The van der Waals surface area contributed by atoms with Crippen LogP contribution in [0.15, 0.2) is 0 Å². The summed E-state index contributed by atoms with van der Waals surface area (Å²) in [5.74, 6) is -0.612. The van der Waals surface area contributed by atoms with Crippen LogP contribution in [0, 0.1) is 11.3 Å². The Kier molecular flexibility index (Phi) is 2.07. The van der Waals surface area contributed by atoms with E-state index in [1.807, 2.05) is 0 Å². The van der Waals surface area contributed by atoms with Crippen molar-refractivity contribution in [1.82, 2.24) is 3.11 Å². The second-order valence-electron chi connectivity index (χ2n) is 3.87. The van der Waals surface area contributed by atoms with Crippen LogP contribution in [0.25, 0.3) is 0 Å². The topological polar surface area (TPSA) is 40.5 Å². The third kappa shape index (κ3) is 1.35. The van der Waals surface area contributed by atoms with Crippen molar-refractivity contribution in [3.05, 3.63) is 0 Å². The summed E-state index contributed by atoms with van der Waals surface area (Å²) in [5.41, 5.74) is 0.202. The Labute approximate surface area is 85.6 Å². The molecule has 1 aliphatic carbocycles. The van der Waals surface area contributed by atoms with E-state index in [1.54, 1.807) is 0 Å². The maximum absolute atomic E-state index is 10.7. The standard InChI is InChI=1S/C8H12INO2/c9-10-3-1-8(2-4-10)5-6(8)7(11)12/h6H,1-5H2,(H,11,12). The molecule has 4 heteroatoms. The summed E-state index contributed by atoms with van der Waals surface area (Å²) in [6.45, 7) is 2.12. The third-order valence-electron chi connectivity index (χ3n) is 3.19. The Bertz CT molecular complexity index is 211. The van der Waals surface area contributed by atoms with E-state index in [0.717, 1.165) is 32.4 Å². The molecule has 68 valence electrons. The van der Waals surface area contributed by atoms with E-state index in [-0.39, 0.29) is 11.3 Å². The summed E-state index contributed by atoms with van der Waals surface area (Å²) >= 11 is 2.31. The zero-order valence-corrected chi connectivity index (χ0v) is 8.95. The van der Waals surface area contributed by atoms with Gasteiger partial charge >= 0.3 is 5.97 Å². The Hall–Kier alpha value is 0.160. The molecule has 1 atom stereocenters. The van der Waals surface area contributed by atoms with Crippen LogP contribution in [-0.4, -0.2) is 27.3 Å². The molecule has 1 saturated heterocycles. The van der Waals surface area contributed by atoms with Gasteiger partial charge in [0.15, 0.2) is 0 Å². The normalized spacial score (nSPS) is 33.6. The van der Waals surface area contributed by atoms with Crippen LogP contribution < -0.4 is 0 Å². The molecule has 12 heavy (non-hydrogen) atoms. The number of hydrogen-bond acceptors (Lipinski definition) is 2. The molecule has 0 radical (unpaired) electrons. The van der Waals surface area contributed by atoms with Crippen LogP contribution >= 0.6 is 22.9 Å². The van der Waals surface area contributed by atoms with Crippen molar-refractivity contribution in [2.75, 3.05) is 13.1 Å². The lowest BCUT2D eigenvalue weighted by Crippen LogP contribution is -2.29. The molecule has 3 nitrogen and oxygen atoms in total. The first-order chi connectivity index (χ1) is 5.64. The van der Waals surface area contributed by atoms with Crippen molar-refractivity contribution in [3.8, 4) is 0 Å². The first kappa shape index (κ1) is 8.74. The zero-order chi connectivity index (χ0) is 8.77. The summed E-state index contributed by atoms with van der Waals surface area (Å²) in [7, 11) is 0. The summed E-state index contributed by atoms with van der Waals surface area (Å²) < 4.78 is 2.25. The van der Waals surface area contributed by atoms with Gasteiger partial charge in [-0.15, -0.1) is 0 Å². The number of hydrogen-bond donors (Lipinski definition) is 1. The fourth-order valence-corrected chi connectivity index (χ4v) is 2.66.